The summed E-state index contributed by atoms with van der Waals surface area (Å²) in [5, 5.41) is 2.36. The Kier molecular flexibility index (Phi) is 9.08. The molecule has 2 N–H and O–H groups in total. The van der Waals surface area contributed by atoms with Gasteiger partial charge in [0, 0.05) is 45.4 Å². The summed E-state index contributed by atoms with van der Waals surface area (Å²) >= 11 is 0. The van der Waals surface area contributed by atoms with Gasteiger partial charge >= 0.3 is 0 Å². The molecule has 0 aliphatic carbocycles. The Bertz CT molecular complexity index is 2630. The summed E-state index contributed by atoms with van der Waals surface area (Å²) in [5.74, 6) is 1.86. The molecule has 3 heterocycles. The van der Waals surface area contributed by atoms with Crippen LogP contribution in [0.2, 0.25) is 0 Å². The molecule has 0 spiro atoms. The Hall–Kier alpha value is -7.18. The van der Waals surface area contributed by atoms with Crippen LogP contribution in [0.5, 0.6) is 0 Å². The van der Waals surface area contributed by atoms with E-state index < -0.39 is 0 Å². The van der Waals surface area contributed by atoms with Crippen LogP contribution in [0.3, 0.4) is 0 Å². The van der Waals surface area contributed by atoms with Gasteiger partial charge in [-0.25, -0.2) is 15.0 Å². The Labute approximate surface area is 308 Å². The predicted octanol–water partition coefficient (Wildman–Crippen LogP) is 11.1. The van der Waals surface area contributed by atoms with E-state index in [0.717, 1.165) is 44.5 Å². The maximum absolute atomic E-state index is 5.15. The van der Waals surface area contributed by atoms with Crippen LogP contribution >= 0.6 is 0 Å². The predicted molar refractivity (Wildman–Crippen MR) is 218 cm³/mol. The van der Waals surface area contributed by atoms with Crippen molar-refractivity contribution >= 4 is 21.8 Å². The maximum Gasteiger partial charge on any atom is 0.166 e. The highest BCUT2D eigenvalue weighted by atomic mass is 15.1. The van der Waals surface area contributed by atoms with E-state index >= 15 is 0 Å². The molecule has 3 aromatic heterocycles. The lowest BCUT2D eigenvalue weighted by Crippen LogP contribution is -2.04. The van der Waals surface area contributed by atoms with Crippen molar-refractivity contribution in [2.24, 2.45) is 5.73 Å². The fraction of sp³-hybridized carbons (Fsp3) is 0.0213. The van der Waals surface area contributed by atoms with E-state index in [1.54, 1.807) is 6.20 Å². The molecule has 9 rings (SSSR count). The van der Waals surface area contributed by atoms with Crippen molar-refractivity contribution in [3.63, 3.8) is 0 Å². The highest BCUT2D eigenvalue weighted by Crippen LogP contribution is 2.39. The Morgan fingerprint density at radius 3 is 1.72 bits per heavy atom. The zero-order chi connectivity index (χ0) is 36.1. The SMILES string of the molecule is C=CN.Cc1ccc(-c2ccc3c(c2)c2ccccc2n3-c2cc(-c3cccnc3)ccc2-c2nc(-c3ccccc3)nc(-c3ccccc3)n2)cc1. The number of nitrogens with zero attached hydrogens (tertiary/aromatic N) is 5. The first-order valence-corrected chi connectivity index (χ1v) is 17.5. The van der Waals surface area contributed by atoms with Crippen molar-refractivity contribution in [1.29, 1.82) is 0 Å². The van der Waals surface area contributed by atoms with E-state index in [9.17, 15) is 0 Å². The van der Waals surface area contributed by atoms with E-state index in [1.165, 1.54) is 33.7 Å². The van der Waals surface area contributed by atoms with Crippen LogP contribution in [0, 0.1) is 6.92 Å². The molecule has 9 aromatic rings. The van der Waals surface area contributed by atoms with Crippen molar-refractivity contribution in [3.05, 3.63) is 188 Å². The number of aryl methyl sites for hydroxylation is 1. The zero-order valence-electron chi connectivity index (χ0n) is 29.3. The van der Waals surface area contributed by atoms with Crippen LogP contribution in [0.1, 0.15) is 5.56 Å². The number of fused-ring (bicyclic) bond motifs is 3. The van der Waals surface area contributed by atoms with Gasteiger partial charge in [0.2, 0.25) is 0 Å². The molecular formula is C47H36N6. The number of aromatic nitrogens is 5. The van der Waals surface area contributed by atoms with Gasteiger partial charge in [0.15, 0.2) is 17.5 Å². The molecule has 0 atom stereocenters. The van der Waals surface area contributed by atoms with Gasteiger partial charge in [0.25, 0.3) is 0 Å². The van der Waals surface area contributed by atoms with Crippen molar-refractivity contribution in [1.82, 2.24) is 24.5 Å². The molecule has 53 heavy (non-hydrogen) atoms. The third kappa shape index (κ3) is 6.57. The number of hydrogen-bond donors (Lipinski definition) is 1. The highest BCUT2D eigenvalue weighted by Gasteiger charge is 2.20. The van der Waals surface area contributed by atoms with Crippen LogP contribution in [-0.4, -0.2) is 24.5 Å². The summed E-state index contributed by atoms with van der Waals surface area (Å²) in [6.07, 6.45) is 4.96. The highest BCUT2D eigenvalue weighted by molar-refractivity contribution is 6.11. The number of rotatable bonds is 6. The summed E-state index contributed by atoms with van der Waals surface area (Å²) in [5.41, 5.74) is 16.3. The Morgan fingerprint density at radius 1 is 0.509 bits per heavy atom. The Balaban J connectivity index is 0.00000129. The number of hydrogen-bond acceptors (Lipinski definition) is 5. The molecule has 0 unspecified atom stereocenters. The topological polar surface area (TPSA) is 82.5 Å². The lowest BCUT2D eigenvalue weighted by atomic mass is 10.0. The van der Waals surface area contributed by atoms with Gasteiger partial charge in [-0.05, 0) is 66.2 Å². The van der Waals surface area contributed by atoms with E-state index in [0.29, 0.717) is 17.5 Å². The maximum atomic E-state index is 5.15. The molecule has 0 saturated heterocycles. The molecule has 0 radical (unpaired) electrons. The quantitative estimate of drug-likeness (QED) is 0.188. The van der Waals surface area contributed by atoms with Crippen molar-refractivity contribution in [3.8, 4) is 62.1 Å². The standard InChI is InChI=1S/C45H31N5.C2H5N/c1-30-18-20-31(21-19-30)34-23-25-41-39(27-34)37-16-8-9-17-40(37)50(41)42-28-35(36-15-10-26-46-29-36)22-24-38(42)45-48-43(32-11-4-2-5-12-32)47-44(49-45)33-13-6-3-7-14-33;1-2-3/h2-29H,1H3;2H,1,3H2. The van der Waals surface area contributed by atoms with Gasteiger partial charge in [-0.1, -0.05) is 133 Å². The van der Waals surface area contributed by atoms with E-state index in [4.69, 9.17) is 15.0 Å². The molecule has 6 aromatic carbocycles. The van der Waals surface area contributed by atoms with Gasteiger partial charge in [-0.3, -0.25) is 4.98 Å². The molecule has 0 fully saturated rings. The average molecular weight is 685 g/mol. The van der Waals surface area contributed by atoms with E-state index in [2.05, 4.69) is 120 Å². The van der Waals surface area contributed by atoms with Crippen LogP contribution < -0.4 is 5.73 Å². The zero-order valence-corrected chi connectivity index (χ0v) is 29.3. The van der Waals surface area contributed by atoms with Crippen LogP contribution in [0.25, 0.3) is 83.9 Å². The summed E-state index contributed by atoms with van der Waals surface area (Å²) < 4.78 is 2.35. The third-order valence-corrected chi connectivity index (χ3v) is 9.23. The number of para-hydroxylation sites is 1. The molecule has 0 bridgehead atoms. The minimum atomic E-state index is 0.604. The number of benzene rings is 6. The summed E-state index contributed by atoms with van der Waals surface area (Å²) in [7, 11) is 0. The fourth-order valence-electron chi connectivity index (χ4n) is 6.71. The van der Waals surface area contributed by atoms with Gasteiger partial charge in [-0.15, -0.1) is 0 Å². The lowest BCUT2D eigenvalue weighted by Gasteiger charge is -2.16. The van der Waals surface area contributed by atoms with Crippen molar-refractivity contribution in [2.75, 3.05) is 0 Å². The third-order valence-electron chi connectivity index (χ3n) is 9.23. The molecule has 6 nitrogen and oxygen atoms in total. The lowest BCUT2D eigenvalue weighted by molar-refractivity contribution is 1.06. The van der Waals surface area contributed by atoms with Crippen LogP contribution in [0.15, 0.2) is 183 Å². The molecule has 0 amide bonds. The monoisotopic (exact) mass is 684 g/mol. The number of nitrogens with two attached hydrogens (primary N) is 1. The first-order chi connectivity index (χ1) is 26.1. The van der Waals surface area contributed by atoms with Gasteiger partial charge in [0.05, 0.1) is 16.7 Å². The Morgan fingerprint density at radius 2 is 1.06 bits per heavy atom. The molecular weight excluding hydrogens is 649 g/mol. The summed E-state index contributed by atoms with van der Waals surface area (Å²) in [4.78, 5) is 19.7. The summed E-state index contributed by atoms with van der Waals surface area (Å²) in [6, 6.07) is 54.9. The van der Waals surface area contributed by atoms with Gasteiger partial charge < -0.3 is 10.3 Å². The average Bonchev–Trinajstić information content (AvgIpc) is 3.55. The first kappa shape index (κ1) is 33.0. The molecule has 6 heteroatoms. The fourth-order valence-corrected chi connectivity index (χ4v) is 6.71. The second-order valence-corrected chi connectivity index (χ2v) is 12.7. The minimum Gasteiger partial charge on any atom is -0.405 e. The molecule has 0 aliphatic heterocycles. The second kappa shape index (κ2) is 14.6. The van der Waals surface area contributed by atoms with Crippen molar-refractivity contribution < 1.29 is 0 Å². The normalized spacial score (nSPS) is 10.9. The largest absolute Gasteiger partial charge is 0.405 e. The molecule has 0 saturated carbocycles. The van der Waals surface area contributed by atoms with E-state index in [-0.39, 0.29) is 0 Å². The van der Waals surface area contributed by atoms with Crippen LogP contribution in [-0.2, 0) is 0 Å². The molecule has 254 valence electrons. The summed E-state index contributed by atoms with van der Waals surface area (Å²) in [6.45, 7) is 5.26. The van der Waals surface area contributed by atoms with Gasteiger partial charge in [-0.2, -0.15) is 0 Å². The number of pyridine rings is 1. The van der Waals surface area contributed by atoms with Gasteiger partial charge in [0.1, 0.15) is 0 Å². The first-order valence-electron chi connectivity index (χ1n) is 17.5. The second-order valence-electron chi connectivity index (χ2n) is 12.7. The molecule has 0 aliphatic rings. The van der Waals surface area contributed by atoms with E-state index in [1.807, 2.05) is 72.9 Å². The van der Waals surface area contributed by atoms with Crippen molar-refractivity contribution in [2.45, 2.75) is 6.92 Å². The van der Waals surface area contributed by atoms with Crippen LogP contribution in [0.4, 0.5) is 0 Å². The smallest absolute Gasteiger partial charge is 0.166 e. The minimum absolute atomic E-state index is 0.604.